The van der Waals surface area contributed by atoms with Crippen LogP contribution >= 0.6 is 0 Å². The molecule has 9 rings (SSSR count). The number of nitrogens with zero attached hydrogens (tertiary/aromatic N) is 4. The summed E-state index contributed by atoms with van der Waals surface area (Å²) in [6, 6.07) is 43.4. The minimum Gasteiger partial charge on any atom is -0.342 e. The van der Waals surface area contributed by atoms with Gasteiger partial charge in [0.25, 0.3) is 0 Å². The second-order valence-corrected chi connectivity index (χ2v) is 12.5. The fraction of sp³-hybridized carbons (Fsp3) is 0.163. The van der Waals surface area contributed by atoms with Gasteiger partial charge in [-0.1, -0.05) is 104 Å². The zero-order valence-corrected chi connectivity index (χ0v) is 30.0. The monoisotopic (exact) mass is 801 g/mol. The number of rotatable bonds is 5. The van der Waals surface area contributed by atoms with E-state index in [1.165, 1.54) is 66.7 Å². The molecule has 0 amide bonds. The van der Waals surface area contributed by atoms with Crippen molar-refractivity contribution in [1.29, 1.82) is 0 Å². The molecule has 0 unspecified atom stereocenters. The van der Waals surface area contributed by atoms with Crippen LogP contribution in [0, 0.1) is 39.2 Å². The third-order valence-electron chi connectivity index (χ3n) is 9.37. The van der Waals surface area contributed by atoms with Crippen LogP contribution in [0.2, 0.25) is 0 Å². The van der Waals surface area contributed by atoms with E-state index >= 15 is 0 Å². The molecule has 0 N–H and O–H groups in total. The maximum absolute atomic E-state index is 4.41. The van der Waals surface area contributed by atoms with Crippen LogP contribution in [0.25, 0.3) is 66.1 Å². The van der Waals surface area contributed by atoms with Crippen molar-refractivity contribution in [3.05, 3.63) is 144 Å². The first-order chi connectivity index (χ1) is 23.0. The van der Waals surface area contributed by atoms with Gasteiger partial charge in [-0.15, -0.1) is 46.8 Å². The van der Waals surface area contributed by atoms with Crippen molar-refractivity contribution in [3.8, 4) is 16.9 Å². The van der Waals surface area contributed by atoms with E-state index in [4.69, 9.17) is 0 Å². The van der Waals surface area contributed by atoms with Gasteiger partial charge in [-0.2, -0.15) is 12.1 Å². The standard InChI is InChI=1S/C29H22N3.C14H14N.Ir/c1-2-3-17-30-19-31(27-14-7-6-13-26(27)30)20-15-16-22-24-11-8-10-23-21-9-4-5-12-25(21)32(29(23)24)28(22)18-20;1-10-4-6-13(7-5-10)14-8-11(2)12(3)9-15-14;/h4-14,16,18H,2-3,17H2,1H3;4-6,8-9H,1-3H3;/q2*-1;+3. The van der Waals surface area contributed by atoms with E-state index in [2.05, 4.69) is 162 Å². The van der Waals surface area contributed by atoms with Gasteiger partial charge in [0.15, 0.2) is 0 Å². The van der Waals surface area contributed by atoms with Crippen LogP contribution in [0.3, 0.4) is 0 Å². The maximum Gasteiger partial charge on any atom is 3.00 e. The summed E-state index contributed by atoms with van der Waals surface area (Å²) < 4.78 is 6.83. The minimum absolute atomic E-state index is 0. The van der Waals surface area contributed by atoms with Crippen LogP contribution in [0.15, 0.2) is 109 Å². The summed E-state index contributed by atoms with van der Waals surface area (Å²) in [7, 11) is 0. The molecule has 0 saturated carbocycles. The number of imidazole rings is 1. The number of pyridine rings is 1. The molecule has 5 aromatic carbocycles. The van der Waals surface area contributed by atoms with Crippen molar-refractivity contribution < 1.29 is 24.7 Å². The van der Waals surface area contributed by atoms with Crippen molar-refractivity contribution in [1.82, 2.24) is 14.0 Å². The molecule has 0 bridgehead atoms. The van der Waals surface area contributed by atoms with Gasteiger partial charge in [-0.3, -0.25) is 0 Å². The number of aryl methyl sites for hydroxylation is 4. The first-order valence-corrected chi connectivity index (χ1v) is 16.5. The second-order valence-electron chi connectivity index (χ2n) is 12.5. The summed E-state index contributed by atoms with van der Waals surface area (Å²) in [5.74, 6) is 0. The maximum atomic E-state index is 4.41. The molecule has 0 aliphatic rings. The summed E-state index contributed by atoms with van der Waals surface area (Å²) in [4.78, 5) is 4.41. The smallest absolute Gasteiger partial charge is 0.342 e. The van der Waals surface area contributed by atoms with Gasteiger partial charge in [0.2, 0.25) is 6.33 Å². The quantitative estimate of drug-likeness (QED) is 0.126. The Balaban J connectivity index is 0.000000193. The Morgan fingerprint density at radius 1 is 0.708 bits per heavy atom. The van der Waals surface area contributed by atoms with E-state index in [1.54, 1.807) is 0 Å². The van der Waals surface area contributed by atoms with Crippen LogP contribution in [0.5, 0.6) is 0 Å². The van der Waals surface area contributed by atoms with Gasteiger partial charge in [0.1, 0.15) is 0 Å². The number of hydrogen-bond donors (Lipinski definition) is 0. The molecule has 4 nitrogen and oxygen atoms in total. The summed E-state index contributed by atoms with van der Waals surface area (Å²) in [6.45, 7) is 9.45. The number of benzene rings is 5. The molecule has 0 fully saturated rings. The van der Waals surface area contributed by atoms with Crippen LogP contribution in [-0.4, -0.2) is 14.0 Å². The van der Waals surface area contributed by atoms with Crippen LogP contribution in [0.1, 0.15) is 36.5 Å². The summed E-state index contributed by atoms with van der Waals surface area (Å²) >= 11 is 0. The van der Waals surface area contributed by atoms with Gasteiger partial charge < -0.3 is 18.5 Å². The van der Waals surface area contributed by atoms with Gasteiger partial charge >= 0.3 is 20.1 Å². The molecule has 0 saturated heterocycles. The Morgan fingerprint density at radius 3 is 2.23 bits per heavy atom. The van der Waals surface area contributed by atoms with E-state index in [9.17, 15) is 0 Å². The first-order valence-electron chi connectivity index (χ1n) is 16.5. The van der Waals surface area contributed by atoms with E-state index in [1.807, 2.05) is 12.3 Å². The third-order valence-corrected chi connectivity index (χ3v) is 9.37. The molecular weight excluding hydrogens is 765 g/mol. The van der Waals surface area contributed by atoms with Gasteiger partial charge in [-0.05, 0) is 43.0 Å². The van der Waals surface area contributed by atoms with Gasteiger partial charge in [0.05, 0.1) is 23.1 Å². The molecule has 4 heterocycles. The zero-order chi connectivity index (χ0) is 32.1. The summed E-state index contributed by atoms with van der Waals surface area (Å²) in [6.07, 6.45) is 7.83. The molecule has 0 radical (unpaired) electrons. The van der Waals surface area contributed by atoms with Crippen LogP contribution in [-0.2, 0) is 26.7 Å². The predicted octanol–water partition coefficient (Wildman–Crippen LogP) is 9.94. The van der Waals surface area contributed by atoms with Gasteiger partial charge in [-0.25, -0.2) is 0 Å². The Kier molecular flexibility index (Phi) is 8.59. The Labute approximate surface area is 295 Å². The Morgan fingerprint density at radius 2 is 1.46 bits per heavy atom. The van der Waals surface area contributed by atoms with Crippen molar-refractivity contribution in [2.75, 3.05) is 0 Å². The molecule has 48 heavy (non-hydrogen) atoms. The van der Waals surface area contributed by atoms with Crippen LogP contribution < -0.4 is 4.57 Å². The summed E-state index contributed by atoms with van der Waals surface area (Å²) in [5.41, 5.74) is 13.0. The average molecular weight is 801 g/mol. The van der Waals surface area contributed by atoms with Crippen molar-refractivity contribution >= 4 is 49.1 Å². The molecule has 0 spiro atoms. The molecule has 5 heteroatoms. The Hall–Kier alpha value is -4.83. The minimum atomic E-state index is 0. The number of para-hydroxylation sites is 4. The van der Waals surface area contributed by atoms with Crippen LogP contribution in [0.4, 0.5) is 0 Å². The zero-order valence-electron chi connectivity index (χ0n) is 27.6. The fourth-order valence-corrected chi connectivity index (χ4v) is 6.70. The molecule has 0 aliphatic carbocycles. The largest absolute Gasteiger partial charge is 3.00 e. The normalized spacial score (nSPS) is 11.4. The van der Waals surface area contributed by atoms with E-state index in [0.717, 1.165) is 35.4 Å². The topological polar surface area (TPSA) is 26.1 Å². The Bertz CT molecular complexity index is 2540. The fourth-order valence-electron chi connectivity index (χ4n) is 6.70. The number of hydrogen-bond acceptors (Lipinski definition) is 1. The molecule has 4 aromatic heterocycles. The molecule has 0 aliphatic heterocycles. The van der Waals surface area contributed by atoms with Crippen molar-refractivity contribution in [2.24, 2.45) is 0 Å². The number of fused-ring (bicyclic) bond motifs is 7. The first kappa shape index (κ1) is 31.8. The second kappa shape index (κ2) is 13.0. The predicted molar refractivity (Wildman–Crippen MR) is 193 cm³/mol. The molecule has 236 valence electrons. The van der Waals surface area contributed by atoms with Gasteiger partial charge in [0, 0.05) is 22.5 Å². The number of unbranched alkanes of at least 4 members (excludes halogenated alkanes) is 1. The summed E-state index contributed by atoms with van der Waals surface area (Å²) in [5, 5.41) is 5.15. The molecular formula is C43H36IrN4+. The average Bonchev–Trinajstić information content (AvgIpc) is 3.76. The number of aromatic nitrogens is 4. The third kappa shape index (κ3) is 5.38. The molecule has 9 aromatic rings. The van der Waals surface area contributed by atoms with E-state index < -0.39 is 0 Å². The van der Waals surface area contributed by atoms with Crippen molar-refractivity contribution in [2.45, 2.75) is 47.1 Å². The SMILES string of the molecule is CCCC[n+]1[c-]n(-c2[c-]cc3c4cccc5c6ccccc6n(c3c2)c54)c2ccccc21.Cc1c[c-]c(-c2cc(C)c(C)cn2)cc1.[Ir+3]. The van der Waals surface area contributed by atoms with Crippen molar-refractivity contribution in [3.63, 3.8) is 0 Å². The van der Waals surface area contributed by atoms with E-state index in [0.29, 0.717) is 0 Å². The van der Waals surface area contributed by atoms with E-state index in [-0.39, 0.29) is 20.1 Å². The molecule has 0 atom stereocenters.